The topological polar surface area (TPSA) is 9.23 Å². The van der Waals surface area contributed by atoms with Gasteiger partial charge in [-0.15, -0.1) is 0 Å². The highest BCUT2D eigenvalue weighted by atomic mass is 19.3. The summed E-state index contributed by atoms with van der Waals surface area (Å²) in [4.78, 5) is 0. The Kier molecular flexibility index (Phi) is 4.08. The normalized spacial score (nSPS) is 12.1. The van der Waals surface area contributed by atoms with Crippen LogP contribution in [-0.4, -0.2) is 19.1 Å². The second-order valence-corrected chi connectivity index (χ2v) is 2.95. The molecule has 0 fully saturated rings. The minimum atomic E-state index is -4.35. The van der Waals surface area contributed by atoms with Crippen molar-refractivity contribution in [1.82, 2.24) is 0 Å². The third kappa shape index (κ3) is 3.87. The molecule has 15 heavy (non-hydrogen) atoms. The fraction of sp³-hybridized carbons (Fsp3) is 0.400. The van der Waals surface area contributed by atoms with Gasteiger partial charge in [0.15, 0.2) is 0 Å². The summed E-state index contributed by atoms with van der Waals surface area (Å²) >= 11 is 0. The molecule has 0 spiro atoms. The van der Waals surface area contributed by atoms with Crippen LogP contribution in [0.3, 0.4) is 0 Å². The number of alkyl halides is 4. The average molecular weight is 222 g/mol. The molecule has 84 valence electrons. The van der Waals surface area contributed by atoms with Crippen molar-refractivity contribution in [2.75, 3.05) is 6.61 Å². The van der Waals surface area contributed by atoms with Crippen LogP contribution in [-0.2, 0) is 11.2 Å². The van der Waals surface area contributed by atoms with Crippen molar-refractivity contribution in [3.05, 3.63) is 35.9 Å². The second-order valence-electron chi connectivity index (χ2n) is 2.95. The smallest absolute Gasteiger partial charge is 0.316 e. The predicted octanol–water partition coefficient (Wildman–Crippen LogP) is 3.10. The molecule has 0 aliphatic heterocycles. The van der Waals surface area contributed by atoms with Gasteiger partial charge in [-0.25, -0.2) is 8.78 Å². The summed E-state index contributed by atoms with van der Waals surface area (Å²) in [5.41, 5.74) is 0.766. The molecule has 0 aliphatic rings. The summed E-state index contributed by atoms with van der Waals surface area (Å²) in [7, 11) is 0. The molecule has 1 aromatic rings. The van der Waals surface area contributed by atoms with Gasteiger partial charge in [-0.05, 0) is 12.0 Å². The molecule has 0 heterocycles. The van der Waals surface area contributed by atoms with Crippen LogP contribution in [0, 0.1) is 0 Å². The highest BCUT2D eigenvalue weighted by Crippen LogP contribution is 2.24. The van der Waals surface area contributed by atoms with E-state index in [0.717, 1.165) is 5.56 Å². The Morgan fingerprint density at radius 3 is 2.27 bits per heavy atom. The van der Waals surface area contributed by atoms with Gasteiger partial charge in [0.25, 0.3) is 0 Å². The van der Waals surface area contributed by atoms with Crippen molar-refractivity contribution in [1.29, 1.82) is 0 Å². The van der Waals surface area contributed by atoms with Crippen LogP contribution in [0.15, 0.2) is 30.3 Å². The molecular weight excluding hydrogens is 212 g/mol. The van der Waals surface area contributed by atoms with Crippen LogP contribution in [0.4, 0.5) is 17.6 Å². The van der Waals surface area contributed by atoms with E-state index in [9.17, 15) is 17.6 Å². The lowest BCUT2D eigenvalue weighted by Crippen LogP contribution is -2.30. The lowest BCUT2D eigenvalue weighted by Gasteiger charge is -2.15. The van der Waals surface area contributed by atoms with Gasteiger partial charge in [-0.2, -0.15) is 8.78 Å². The minimum Gasteiger partial charge on any atom is -0.316 e. The van der Waals surface area contributed by atoms with E-state index in [0.29, 0.717) is 0 Å². The maximum absolute atomic E-state index is 12.3. The molecule has 0 saturated carbocycles. The maximum atomic E-state index is 12.3. The Bertz CT molecular complexity index is 287. The highest BCUT2D eigenvalue weighted by molar-refractivity contribution is 5.14. The fourth-order valence-corrected chi connectivity index (χ4v) is 1.01. The molecule has 0 radical (unpaired) electrons. The molecule has 0 aromatic heterocycles. The SMILES string of the molecule is FC(F)C(F)(F)OCCc1ccccc1. The summed E-state index contributed by atoms with van der Waals surface area (Å²) in [5.74, 6) is 0. The fourth-order valence-electron chi connectivity index (χ4n) is 1.01. The third-order valence-corrected chi connectivity index (χ3v) is 1.78. The molecule has 0 bridgehead atoms. The standard InChI is InChI=1S/C10H10F4O/c11-9(12)10(13,14)15-7-6-8-4-2-1-3-5-8/h1-5,9H,6-7H2. The molecule has 0 amide bonds. The van der Waals surface area contributed by atoms with Crippen molar-refractivity contribution < 1.29 is 22.3 Å². The van der Waals surface area contributed by atoms with Gasteiger partial charge in [0.1, 0.15) is 0 Å². The van der Waals surface area contributed by atoms with E-state index in [-0.39, 0.29) is 6.42 Å². The molecular formula is C10H10F4O. The first kappa shape index (κ1) is 12.0. The van der Waals surface area contributed by atoms with Gasteiger partial charge in [-0.1, -0.05) is 30.3 Å². The van der Waals surface area contributed by atoms with E-state index in [1.165, 1.54) is 0 Å². The second kappa shape index (κ2) is 5.11. The number of halogens is 4. The van der Waals surface area contributed by atoms with Gasteiger partial charge in [0.05, 0.1) is 6.61 Å². The van der Waals surface area contributed by atoms with E-state index in [1.54, 1.807) is 30.3 Å². The maximum Gasteiger partial charge on any atom is 0.416 e. The molecule has 0 atom stereocenters. The zero-order valence-corrected chi connectivity index (χ0v) is 7.80. The summed E-state index contributed by atoms with van der Waals surface area (Å²) in [6.07, 6.45) is -7.95. The Morgan fingerprint density at radius 2 is 1.73 bits per heavy atom. The monoisotopic (exact) mass is 222 g/mol. The van der Waals surface area contributed by atoms with Crippen LogP contribution in [0.1, 0.15) is 5.56 Å². The van der Waals surface area contributed by atoms with Crippen LogP contribution in [0.5, 0.6) is 0 Å². The van der Waals surface area contributed by atoms with Gasteiger partial charge in [0, 0.05) is 0 Å². The van der Waals surface area contributed by atoms with Gasteiger partial charge in [-0.3, -0.25) is 0 Å². The largest absolute Gasteiger partial charge is 0.416 e. The molecule has 0 unspecified atom stereocenters. The van der Waals surface area contributed by atoms with Crippen molar-refractivity contribution in [2.24, 2.45) is 0 Å². The van der Waals surface area contributed by atoms with Crippen molar-refractivity contribution in [2.45, 2.75) is 19.0 Å². The summed E-state index contributed by atoms with van der Waals surface area (Å²) in [6, 6.07) is 8.67. The summed E-state index contributed by atoms with van der Waals surface area (Å²) in [6.45, 7) is -0.429. The first-order valence-electron chi connectivity index (χ1n) is 4.36. The van der Waals surface area contributed by atoms with E-state index in [4.69, 9.17) is 0 Å². The zero-order chi connectivity index (χ0) is 11.3. The third-order valence-electron chi connectivity index (χ3n) is 1.78. The summed E-state index contributed by atoms with van der Waals surface area (Å²) in [5, 5.41) is 0. The molecule has 1 nitrogen and oxygen atoms in total. The van der Waals surface area contributed by atoms with Crippen molar-refractivity contribution in [3.8, 4) is 0 Å². The Labute approximate surface area is 84.7 Å². The molecule has 0 saturated heterocycles. The number of hydrogen-bond acceptors (Lipinski definition) is 1. The Balaban J connectivity index is 2.34. The highest BCUT2D eigenvalue weighted by Gasteiger charge is 2.41. The van der Waals surface area contributed by atoms with Crippen molar-refractivity contribution in [3.63, 3.8) is 0 Å². The lowest BCUT2D eigenvalue weighted by molar-refractivity contribution is -0.299. The van der Waals surface area contributed by atoms with E-state index >= 15 is 0 Å². The zero-order valence-electron chi connectivity index (χ0n) is 7.80. The number of hydrogen-bond donors (Lipinski definition) is 0. The molecule has 0 aliphatic carbocycles. The number of ether oxygens (including phenoxy) is 1. The van der Waals surface area contributed by atoms with Crippen LogP contribution in [0.25, 0.3) is 0 Å². The van der Waals surface area contributed by atoms with Crippen LogP contribution >= 0.6 is 0 Å². The Morgan fingerprint density at radius 1 is 1.13 bits per heavy atom. The van der Waals surface area contributed by atoms with Crippen molar-refractivity contribution >= 4 is 0 Å². The molecule has 1 aromatic carbocycles. The van der Waals surface area contributed by atoms with Crippen LogP contribution in [0.2, 0.25) is 0 Å². The van der Waals surface area contributed by atoms with E-state index in [1.807, 2.05) is 0 Å². The molecule has 5 heteroatoms. The molecule has 0 N–H and O–H groups in total. The van der Waals surface area contributed by atoms with Crippen LogP contribution < -0.4 is 0 Å². The van der Waals surface area contributed by atoms with Gasteiger partial charge in [0.2, 0.25) is 0 Å². The average Bonchev–Trinajstić information content (AvgIpc) is 2.19. The first-order chi connectivity index (χ1) is 7.02. The number of rotatable bonds is 5. The quantitative estimate of drug-likeness (QED) is 0.695. The van der Waals surface area contributed by atoms with Gasteiger partial charge < -0.3 is 4.74 Å². The molecule has 1 rings (SSSR count). The van der Waals surface area contributed by atoms with E-state index in [2.05, 4.69) is 4.74 Å². The summed E-state index contributed by atoms with van der Waals surface area (Å²) < 4.78 is 51.7. The first-order valence-corrected chi connectivity index (χ1v) is 4.36. The minimum absolute atomic E-state index is 0.184. The lowest BCUT2D eigenvalue weighted by atomic mass is 10.2. The Hall–Kier alpha value is -1.10. The predicted molar refractivity (Wildman–Crippen MR) is 47.0 cm³/mol. The van der Waals surface area contributed by atoms with Gasteiger partial charge >= 0.3 is 12.5 Å². The van der Waals surface area contributed by atoms with E-state index < -0.39 is 19.1 Å². The number of benzene rings is 1.